The van der Waals surface area contributed by atoms with Crippen molar-refractivity contribution in [2.45, 2.75) is 6.04 Å². The zero-order valence-electron chi connectivity index (χ0n) is 5.22. The van der Waals surface area contributed by atoms with Crippen LogP contribution in [0.2, 0.25) is 0 Å². The summed E-state index contributed by atoms with van der Waals surface area (Å²) in [6, 6.07) is 1.61. The average Bonchev–Trinajstić information content (AvgIpc) is 1.88. The lowest BCUT2D eigenvalue weighted by molar-refractivity contribution is -0.0205. The Morgan fingerprint density at radius 1 is 1.22 bits per heavy atom. The van der Waals surface area contributed by atoms with Gasteiger partial charge >= 0.3 is 0 Å². The largest absolute Gasteiger partial charge is 0.378 e. The molecule has 2 rings (SSSR count). The molecule has 2 saturated heterocycles. The van der Waals surface area contributed by atoms with E-state index in [9.17, 15) is 0 Å². The Morgan fingerprint density at radius 3 is 2.33 bits per heavy atom. The molecule has 0 aromatic carbocycles. The van der Waals surface area contributed by atoms with Crippen molar-refractivity contribution in [3.05, 3.63) is 6.04 Å². The smallest absolute Gasteiger partial charge is 0.0886 e. The molecular weight excluding hydrogens is 118 g/mol. The minimum absolute atomic E-state index is 0.419. The molecule has 0 spiro atoms. The molecular formula is C6H10NO2. The molecule has 2 bridgehead atoms. The molecule has 0 aromatic rings. The van der Waals surface area contributed by atoms with Crippen molar-refractivity contribution in [3.63, 3.8) is 0 Å². The Balaban J connectivity index is 1.96. The third kappa shape index (κ3) is 1.08. The summed E-state index contributed by atoms with van der Waals surface area (Å²) in [5.41, 5.74) is 0. The molecule has 2 heterocycles. The predicted octanol–water partition coefficient (Wildman–Crippen LogP) is -0.463. The molecule has 1 radical (unpaired) electrons. The van der Waals surface area contributed by atoms with Gasteiger partial charge < -0.3 is 9.47 Å². The molecule has 0 aliphatic carbocycles. The molecule has 2 aliphatic rings. The van der Waals surface area contributed by atoms with Gasteiger partial charge in [0.25, 0.3) is 0 Å². The van der Waals surface area contributed by atoms with Crippen LogP contribution >= 0.6 is 0 Å². The van der Waals surface area contributed by atoms with Crippen molar-refractivity contribution in [2.24, 2.45) is 0 Å². The van der Waals surface area contributed by atoms with Crippen LogP contribution in [0.4, 0.5) is 0 Å². The van der Waals surface area contributed by atoms with E-state index in [2.05, 4.69) is 5.32 Å². The molecule has 0 aromatic heterocycles. The van der Waals surface area contributed by atoms with Crippen LogP contribution in [-0.2, 0) is 9.47 Å². The summed E-state index contributed by atoms with van der Waals surface area (Å²) >= 11 is 0. The molecule has 1 N–H and O–H groups in total. The summed E-state index contributed by atoms with van der Waals surface area (Å²) in [4.78, 5) is 0. The van der Waals surface area contributed by atoms with Gasteiger partial charge in [-0.25, -0.2) is 0 Å². The van der Waals surface area contributed by atoms with E-state index in [-0.39, 0.29) is 0 Å². The van der Waals surface area contributed by atoms with Crippen molar-refractivity contribution in [1.29, 1.82) is 0 Å². The van der Waals surface area contributed by atoms with Crippen molar-refractivity contribution in [1.82, 2.24) is 5.32 Å². The molecule has 3 nitrogen and oxygen atoms in total. The Morgan fingerprint density at radius 2 is 1.89 bits per heavy atom. The molecule has 0 unspecified atom stereocenters. The summed E-state index contributed by atoms with van der Waals surface area (Å²) in [6.07, 6.45) is 0. The van der Waals surface area contributed by atoms with Crippen LogP contribution in [0.25, 0.3) is 0 Å². The molecule has 0 amide bonds. The lowest BCUT2D eigenvalue weighted by Gasteiger charge is -2.34. The number of hydrogen-bond acceptors (Lipinski definition) is 3. The maximum atomic E-state index is 5.26. The quantitative estimate of drug-likeness (QED) is 0.478. The number of hydrogen-bond donors (Lipinski definition) is 1. The van der Waals surface area contributed by atoms with Gasteiger partial charge in [0.15, 0.2) is 0 Å². The fraction of sp³-hybridized carbons (Fsp3) is 0.833. The van der Waals surface area contributed by atoms with Gasteiger partial charge in [-0.1, -0.05) is 0 Å². The molecule has 0 saturated carbocycles. The topological polar surface area (TPSA) is 30.5 Å². The third-order valence-electron chi connectivity index (χ3n) is 1.60. The highest BCUT2D eigenvalue weighted by atomic mass is 16.5. The maximum absolute atomic E-state index is 5.26. The van der Waals surface area contributed by atoms with Crippen LogP contribution in [0.5, 0.6) is 0 Å². The Bertz CT molecular complexity index is 87.2. The van der Waals surface area contributed by atoms with Gasteiger partial charge in [-0.2, -0.15) is 0 Å². The van der Waals surface area contributed by atoms with Gasteiger partial charge in [0.2, 0.25) is 0 Å². The first-order valence-electron chi connectivity index (χ1n) is 3.22. The third-order valence-corrected chi connectivity index (χ3v) is 1.60. The highest BCUT2D eigenvalue weighted by molar-refractivity contribution is 4.96. The molecule has 51 valence electrons. The van der Waals surface area contributed by atoms with Crippen molar-refractivity contribution in [2.75, 3.05) is 26.4 Å². The summed E-state index contributed by atoms with van der Waals surface area (Å²) in [6.45, 7) is 3.06. The predicted molar refractivity (Wildman–Crippen MR) is 31.8 cm³/mol. The standard InChI is InChI=1S/C6H10NO2/c1-5-2-9-4-6(7-5)3-8-1/h5,7H,1-4H2. The monoisotopic (exact) mass is 128 g/mol. The van der Waals surface area contributed by atoms with E-state index in [1.165, 1.54) is 6.04 Å². The Labute approximate surface area is 54.3 Å². The van der Waals surface area contributed by atoms with Crippen LogP contribution in [0.3, 0.4) is 0 Å². The van der Waals surface area contributed by atoms with Gasteiger partial charge in [-0.3, -0.25) is 5.32 Å². The number of ether oxygens (including phenoxy) is 2. The lowest BCUT2D eigenvalue weighted by atomic mass is 10.2. The van der Waals surface area contributed by atoms with E-state index in [4.69, 9.17) is 9.47 Å². The number of fused-ring (bicyclic) bond motifs is 2. The van der Waals surface area contributed by atoms with E-state index < -0.39 is 0 Å². The van der Waals surface area contributed by atoms with E-state index in [1.54, 1.807) is 0 Å². The van der Waals surface area contributed by atoms with Crippen LogP contribution in [0.15, 0.2) is 0 Å². The number of morpholine rings is 2. The summed E-state index contributed by atoms with van der Waals surface area (Å²) < 4.78 is 10.5. The second kappa shape index (κ2) is 2.25. The van der Waals surface area contributed by atoms with Gasteiger partial charge in [0, 0.05) is 0 Å². The van der Waals surface area contributed by atoms with Crippen molar-refractivity contribution >= 4 is 0 Å². The minimum Gasteiger partial charge on any atom is -0.378 e. The van der Waals surface area contributed by atoms with Gasteiger partial charge in [-0.15, -0.1) is 0 Å². The maximum Gasteiger partial charge on any atom is 0.0886 e. The van der Waals surface area contributed by atoms with Crippen molar-refractivity contribution in [3.8, 4) is 0 Å². The summed E-state index contributed by atoms with van der Waals surface area (Å²) in [5.74, 6) is 0. The minimum atomic E-state index is 0.419. The Hall–Kier alpha value is -0.120. The molecule has 2 fully saturated rings. The SMILES string of the molecule is C1OCC2COC[C]1N2. The zero-order valence-corrected chi connectivity index (χ0v) is 5.22. The fourth-order valence-electron chi connectivity index (χ4n) is 1.19. The van der Waals surface area contributed by atoms with Crippen molar-refractivity contribution < 1.29 is 9.47 Å². The van der Waals surface area contributed by atoms with Crippen LogP contribution < -0.4 is 5.32 Å². The number of rotatable bonds is 0. The average molecular weight is 128 g/mol. The zero-order chi connectivity index (χ0) is 6.10. The first kappa shape index (κ1) is 5.65. The molecule has 2 aliphatic heterocycles. The first-order valence-corrected chi connectivity index (χ1v) is 3.22. The first-order chi connectivity index (χ1) is 4.45. The highest BCUT2D eigenvalue weighted by Gasteiger charge is 2.26. The molecule has 0 atom stereocenters. The molecule has 9 heavy (non-hydrogen) atoms. The second-order valence-corrected chi connectivity index (χ2v) is 2.48. The van der Waals surface area contributed by atoms with E-state index in [1.807, 2.05) is 0 Å². The summed E-state index contributed by atoms with van der Waals surface area (Å²) in [7, 11) is 0. The highest BCUT2D eigenvalue weighted by Crippen LogP contribution is 2.11. The van der Waals surface area contributed by atoms with E-state index in [0.717, 1.165) is 26.4 Å². The van der Waals surface area contributed by atoms with Crippen LogP contribution in [0.1, 0.15) is 0 Å². The van der Waals surface area contributed by atoms with Gasteiger partial charge in [-0.05, 0) is 0 Å². The summed E-state index contributed by atoms with van der Waals surface area (Å²) in [5, 5.41) is 3.32. The lowest BCUT2D eigenvalue weighted by Crippen LogP contribution is -2.52. The second-order valence-electron chi connectivity index (χ2n) is 2.48. The van der Waals surface area contributed by atoms with Crippen LogP contribution in [0, 0.1) is 6.04 Å². The fourth-order valence-corrected chi connectivity index (χ4v) is 1.19. The number of nitrogens with one attached hydrogen (secondary N) is 1. The van der Waals surface area contributed by atoms with E-state index in [0.29, 0.717) is 6.04 Å². The van der Waals surface area contributed by atoms with E-state index >= 15 is 0 Å². The van der Waals surface area contributed by atoms with Gasteiger partial charge in [0.1, 0.15) is 0 Å². The van der Waals surface area contributed by atoms with Gasteiger partial charge in [0.05, 0.1) is 38.5 Å². The Kier molecular flexibility index (Phi) is 1.41. The molecule has 3 heteroatoms. The van der Waals surface area contributed by atoms with Crippen LogP contribution in [-0.4, -0.2) is 32.5 Å². The normalized spacial score (nSPS) is 30.7.